The second-order valence-corrected chi connectivity index (χ2v) is 7.79. The maximum absolute atomic E-state index is 12.5. The molecule has 2 rings (SSSR count). The highest BCUT2D eigenvalue weighted by Crippen LogP contribution is 2.33. The molecular formula is C11H20BrNO2S. The molecule has 2 fully saturated rings. The quantitative estimate of drug-likeness (QED) is 0.732. The highest BCUT2D eigenvalue weighted by Gasteiger charge is 2.39. The lowest BCUT2D eigenvalue weighted by Gasteiger charge is -2.37. The van der Waals surface area contributed by atoms with Crippen LogP contribution >= 0.6 is 15.9 Å². The molecule has 0 saturated heterocycles. The van der Waals surface area contributed by atoms with E-state index in [1.54, 1.807) is 4.31 Å². The van der Waals surface area contributed by atoms with E-state index in [2.05, 4.69) is 15.9 Å². The molecule has 94 valence electrons. The van der Waals surface area contributed by atoms with E-state index in [9.17, 15) is 8.42 Å². The zero-order valence-corrected chi connectivity index (χ0v) is 12.0. The Bertz CT molecular complexity index is 321. The zero-order valence-electron chi connectivity index (χ0n) is 9.57. The Morgan fingerprint density at radius 3 is 2.12 bits per heavy atom. The fourth-order valence-corrected chi connectivity index (χ4v) is 5.55. The molecule has 0 radical (unpaired) electrons. The van der Waals surface area contributed by atoms with E-state index in [-0.39, 0.29) is 5.25 Å². The van der Waals surface area contributed by atoms with Crippen molar-refractivity contribution in [3.05, 3.63) is 0 Å². The number of halogens is 1. The number of hydrogen-bond acceptors (Lipinski definition) is 2. The lowest BCUT2D eigenvalue weighted by atomic mass is 9.93. The molecule has 0 bridgehead atoms. The minimum atomic E-state index is -3.02. The van der Waals surface area contributed by atoms with Crippen LogP contribution in [0, 0.1) is 0 Å². The van der Waals surface area contributed by atoms with E-state index < -0.39 is 10.0 Å². The summed E-state index contributed by atoms with van der Waals surface area (Å²) in [6.07, 6.45) is 7.19. The first-order valence-electron chi connectivity index (χ1n) is 6.23. The molecule has 2 saturated carbocycles. The maximum atomic E-state index is 12.5. The highest BCUT2D eigenvalue weighted by molar-refractivity contribution is 9.09. The van der Waals surface area contributed by atoms with Gasteiger partial charge in [-0.25, -0.2) is 8.42 Å². The Labute approximate surface area is 107 Å². The number of rotatable bonds is 5. The summed E-state index contributed by atoms with van der Waals surface area (Å²) in [4.78, 5) is 0. The number of sulfonamides is 1. The summed E-state index contributed by atoms with van der Waals surface area (Å²) in [7, 11) is -3.02. The topological polar surface area (TPSA) is 37.4 Å². The van der Waals surface area contributed by atoms with Gasteiger partial charge in [0.1, 0.15) is 0 Å². The minimum absolute atomic E-state index is 0.0906. The normalized spacial score (nSPS) is 23.9. The van der Waals surface area contributed by atoms with Gasteiger partial charge in [0, 0.05) is 17.9 Å². The van der Waals surface area contributed by atoms with Gasteiger partial charge in [0.25, 0.3) is 0 Å². The Balaban J connectivity index is 2.10. The van der Waals surface area contributed by atoms with Gasteiger partial charge in [-0.05, 0) is 25.7 Å². The Kier molecular flexibility index (Phi) is 4.30. The van der Waals surface area contributed by atoms with Gasteiger partial charge in [0.2, 0.25) is 10.0 Å². The van der Waals surface area contributed by atoms with E-state index in [1.165, 1.54) is 6.42 Å². The monoisotopic (exact) mass is 309 g/mol. The van der Waals surface area contributed by atoms with Gasteiger partial charge in [-0.2, -0.15) is 4.31 Å². The van der Waals surface area contributed by atoms with Crippen molar-refractivity contribution >= 4 is 26.0 Å². The van der Waals surface area contributed by atoms with Crippen LogP contribution in [-0.2, 0) is 10.0 Å². The maximum Gasteiger partial charge on any atom is 0.217 e. The predicted octanol–water partition coefficient (Wildman–Crippen LogP) is 2.51. The molecule has 2 aliphatic rings. The Hall–Kier alpha value is 0.390. The van der Waals surface area contributed by atoms with Crippen molar-refractivity contribution < 1.29 is 8.42 Å². The summed E-state index contributed by atoms with van der Waals surface area (Å²) in [6, 6.07) is 0.295. The molecular weight excluding hydrogens is 290 g/mol. The average Bonchev–Trinajstić information content (AvgIpc) is 2.67. The molecule has 0 aromatic carbocycles. The van der Waals surface area contributed by atoms with Crippen LogP contribution < -0.4 is 0 Å². The van der Waals surface area contributed by atoms with Crippen LogP contribution in [0.3, 0.4) is 0 Å². The largest absolute Gasteiger partial charge is 0.217 e. The molecule has 0 aromatic heterocycles. The van der Waals surface area contributed by atoms with Crippen molar-refractivity contribution in [1.82, 2.24) is 4.31 Å². The van der Waals surface area contributed by atoms with Crippen molar-refractivity contribution in [3.63, 3.8) is 0 Å². The number of hydrogen-bond donors (Lipinski definition) is 0. The van der Waals surface area contributed by atoms with Crippen molar-refractivity contribution in [1.29, 1.82) is 0 Å². The number of alkyl halides is 1. The SMILES string of the molecule is O=S(=O)(C1CCCC1)N(CCBr)C1CCC1. The van der Waals surface area contributed by atoms with Crippen molar-refractivity contribution in [2.45, 2.75) is 56.2 Å². The molecule has 3 nitrogen and oxygen atoms in total. The van der Waals surface area contributed by atoms with Crippen LogP contribution in [0.25, 0.3) is 0 Å². The Morgan fingerprint density at radius 1 is 1.06 bits per heavy atom. The van der Waals surface area contributed by atoms with Gasteiger partial charge in [-0.3, -0.25) is 0 Å². The van der Waals surface area contributed by atoms with E-state index in [4.69, 9.17) is 0 Å². The molecule has 0 heterocycles. The van der Waals surface area contributed by atoms with Crippen LogP contribution in [0.4, 0.5) is 0 Å². The lowest BCUT2D eigenvalue weighted by molar-refractivity contribution is 0.226. The van der Waals surface area contributed by atoms with E-state index >= 15 is 0 Å². The lowest BCUT2D eigenvalue weighted by Crippen LogP contribution is -2.48. The molecule has 0 spiro atoms. The highest BCUT2D eigenvalue weighted by atomic mass is 79.9. The third-order valence-corrected chi connectivity index (χ3v) is 6.64. The molecule has 0 N–H and O–H groups in total. The van der Waals surface area contributed by atoms with E-state index in [0.717, 1.165) is 43.9 Å². The first-order valence-corrected chi connectivity index (χ1v) is 8.85. The average molecular weight is 310 g/mol. The van der Waals surface area contributed by atoms with Crippen molar-refractivity contribution in [2.24, 2.45) is 0 Å². The molecule has 5 heteroatoms. The Morgan fingerprint density at radius 2 is 1.69 bits per heavy atom. The predicted molar refractivity (Wildman–Crippen MR) is 69.3 cm³/mol. The second-order valence-electron chi connectivity index (χ2n) is 4.84. The van der Waals surface area contributed by atoms with Crippen LogP contribution in [0.15, 0.2) is 0 Å². The summed E-state index contributed by atoms with van der Waals surface area (Å²) in [6.45, 7) is 0.642. The summed E-state index contributed by atoms with van der Waals surface area (Å²) in [5.74, 6) is 0. The van der Waals surface area contributed by atoms with Crippen LogP contribution in [0.2, 0.25) is 0 Å². The summed E-state index contributed by atoms with van der Waals surface area (Å²) in [5, 5.41) is 0.655. The smallest absolute Gasteiger partial charge is 0.212 e. The van der Waals surface area contributed by atoms with E-state index in [1.807, 2.05) is 0 Å². The molecule has 0 aromatic rings. The van der Waals surface area contributed by atoms with Gasteiger partial charge in [0.15, 0.2) is 0 Å². The van der Waals surface area contributed by atoms with Crippen LogP contribution in [-0.4, -0.2) is 35.9 Å². The van der Waals surface area contributed by atoms with Crippen molar-refractivity contribution in [3.8, 4) is 0 Å². The van der Waals surface area contributed by atoms with Crippen LogP contribution in [0.5, 0.6) is 0 Å². The summed E-state index contributed by atoms with van der Waals surface area (Å²) in [5.41, 5.74) is 0. The third-order valence-electron chi connectivity index (χ3n) is 3.84. The van der Waals surface area contributed by atoms with Gasteiger partial charge in [-0.1, -0.05) is 35.2 Å². The van der Waals surface area contributed by atoms with E-state index in [0.29, 0.717) is 12.6 Å². The molecule has 0 amide bonds. The van der Waals surface area contributed by atoms with Crippen molar-refractivity contribution in [2.75, 3.05) is 11.9 Å². The molecule has 0 unspecified atom stereocenters. The minimum Gasteiger partial charge on any atom is -0.212 e. The van der Waals surface area contributed by atoms with Gasteiger partial charge >= 0.3 is 0 Å². The summed E-state index contributed by atoms with van der Waals surface area (Å²) < 4.78 is 26.7. The first kappa shape index (κ1) is 12.8. The third kappa shape index (κ3) is 2.46. The standard InChI is InChI=1S/C11H20BrNO2S/c12-8-9-13(10-4-3-5-10)16(14,15)11-6-1-2-7-11/h10-11H,1-9H2. The first-order chi connectivity index (χ1) is 7.66. The molecule has 0 atom stereocenters. The fourth-order valence-electron chi connectivity index (χ4n) is 2.65. The number of nitrogens with zero attached hydrogens (tertiary/aromatic N) is 1. The molecule has 2 aliphatic carbocycles. The molecule has 16 heavy (non-hydrogen) atoms. The zero-order chi connectivity index (χ0) is 11.6. The van der Waals surface area contributed by atoms with Gasteiger partial charge in [0.05, 0.1) is 5.25 Å². The second kappa shape index (κ2) is 5.36. The van der Waals surface area contributed by atoms with Gasteiger partial charge in [-0.15, -0.1) is 0 Å². The molecule has 0 aliphatic heterocycles. The fraction of sp³-hybridized carbons (Fsp3) is 1.00. The van der Waals surface area contributed by atoms with Gasteiger partial charge < -0.3 is 0 Å². The van der Waals surface area contributed by atoms with Crippen LogP contribution in [0.1, 0.15) is 44.9 Å². The summed E-state index contributed by atoms with van der Waals surface area (Å²) >= 11 is 3.37.